The molecule has 0 saturated carbocycles. The van der Waals surface area contributed by atoms with E-state index < -0.39 is 5.63 Å². The number of nitrogens with two attached hydrogens (primary N) is 2. The molecule has 1 aromatic heterocycles. The number of benzene rings is 2. The molecule has 0 bridgehead atoms. The highest BCUT2D eigenvalue weighted by Gasteiger charge is 2.08. The van der Waals surface area contributed by atoms with Crippen LogP contribution < -0.4 is 22.0 Å². The second-order valence-corrected chi connectivity index (χ2v) is 5.83. The quantitative estimate of drug-likeness (QED) is 0.406. The number of anilines is 3. The Labute approximate surface area is 150 Å². The van der Waals surface area contributed by atoms with E-state index in [0.29, 0.717) is 22.6 Å². The number of azo groups is 1. The summed E-state index contributed by atoms with van der Waals surface area (Å²) in [6.45, 7) is 5.91. The Balaban J connectivity index is 1.97. The van der Waals surface area contributed by atoms with Gasteiger partial charge in [-0.25, -0.2) is 4.79 Å². The third-order valence-corrected chi connectivity index (χ3v) is 4.15. The molecule has 0 spiro atoms. The molecule has 0 radical (unpaired) electrons. The lowest BCUT2D eigenvalue weighted by atomic mass is 10.2. The van der Waals surface area contributed by atoms with E-state index in [1.165, 1.54) is 0 Å². The maximum atomic E-state index is 12.2. The normalized spacial score (nSPS) is 11.3. The first kappa shape index (κ1) is 17.5. The molecule has 0 fully saturated rings. The monoisotopic (exact) mass is 351 g/mol. The summed E-state index contributed by atoms with van der Waals surface area (Å²) in [5, 5.41) is 8.80. The topological polar surface area (TPSA) is 110 Å². The molecule has 3 rings (SSSR count). The van der Waals surface area contributed by atoms with Gasteiger partial charge in [0, 0.05) is 35.9 Å². The highest BCUT2D eigenvalue weighted by atomic mass is 16.4. The zero-order chi connectivity index (χ0) is 18.7. The van der Waals surface area contributed by atoms with Gasteiger partial charge in [0.1, 0.15) is 11.3 Å². The van der Waals surface area contributed by atoms with Crippen molar-refractivity contribution < 1.29 is 4.42 Å². The van der Waals surface area contributed by atoms with Crippen LogP contribution in [0, 0.1) is 0 Å². The fraction of sp³-hybridized carbons (Fsp3) is 0.211. The van der Waals surface area contributed by atoms with Crippen molar-refractivity contribution in [2.24, 2.45) is 10.2 Å². The van der Waals surface area contributed by atoms with Crippen molar-refractivity contribution in [1.82, 2.24) is 0 Å². The predicted molar refractivity (Wildman–Crippen MR) is 105 cm³/mol. The van der Waals surface area contributed by atoms with Gasteiger partial charge < -0.3 is 20.8 Å². The lowest BCUT2D eigenvalue weighted by molar-refractivity contribution is 0.562. The molecule has 0 amide bonds. The van der Waals surface area contributed by atoms with E-state index in [1.807, 2.05) is 18.2 Å². The fourth-order valence-electron chi connectivity index (χ4n) is 2.72. The van der Waals surface area contributed by atoms with Crippen LogP contribution in [-0.4, -0.2) is 13.1 Å². The molecule has 4 N–H and O–H groups in total. The number of rotatable bonds is 5. The molecule has 1 heterocycles. The lowest BCUT2D eigenvalue weighted by Crippen LogP contribution is -2.21. The van der Waals surface area contributed by atoms with E-state index in [0.717, 1.165) is 24.2 Å². The summed E-state index contributed by atoms with van der Waals surface area (Å²) >= 11 is 0. The predicted octanol–water partition coefficient (Wildman–Crippen LogP) is 4.22. The Kier molecular flexibility index (Phi) is 4.88. The summed E-state index contributed by atoms with van der Waals surface area (Å²) in [4.78, 5) is 14.4. The second kappa shape index (κ2) is 7.26. The van der Waals surface area contributed by atoms with Crippen molar-refractivity contribution in [3.63, 3.8) is 0 Å². The Bertz CT molecular complexity index is 1020. The smallest absolute Gasteiger partial charge is 0.364 e. The number of hydrogen-bond acceptors (Lipinski definition) is 7. The summed E-state index contributed by atoms with van der Waals surface area (Å²) in [6, 6.07) is 12.3. The molecular weight excluding hydrogens is 330 g/mol. The molecular formula is C19H21N5O2. The molecule has 3 aromatic rings. The van der Waals surface area contributed by atoms with E-state index in [4.69, 9.17) is 15.9 Å². The molecule has 134 valence electrons. The van der Waals surface area contributed by atoms with Gasteiger partial charge in [0.25, 0.3) is 0 Å². The zero-order valence-corrected chi connectivity index (χ0v) is 14.8. The van der Waals surface area contributed by atoms with Crippen molar-refractivity contribution >= 4 is 39.4 Å². The number of nitrogen functional groups attached to an aromatic ring is 2. The first-order chi connectivity index (χ1) is 12.5. The summed E-state index contributed by atoms with van der Waals surface area (Å²) in [5.41, 5.74) is 14.0. The molecule has 0 unspecified atom stereocenters. The number of fused-ring (bicyclic) bond motifs is 1. The second-order valence-electron chi connectivity index (χ2n) is 5.83. The van der Waals surface area contributed by atoms with E-state index in [-0.39, 0.29) is 5.69 Å². The Morgan fingerprint density at radius 3 is 2.38 bits per heavy atom. The van der Waals surface area contributed by atoms with E-state index >= 15 is 0 Å². The minimum atomic E-state index is -0.549. The molecule has 0 saturated heterocycles. The van der Waals surface area contributed by atoms with Gasteiger partial charge >= 0.3 is 5.63 Å². The van der Waals surface area contributed by atoms with Crippen LogP contribution in [0.4, 0.5) is 28.4 Å². The van der Waals surface area contributed by atoms with Gasteiger partial charge in [-0.2, -0.15) is 0 Å². The SMILES string of the molecule is CCN(CC)c1ccc2cc(N=Nc3ccc(N)cc3N)c(=O)oc2c1. The Morgan fingerprint density at radius 2 is 1.69 bits per heavy atom. The van der Waals surface area contributed by atoms with Crippen LogP contribution in [0.5, 0.6) is 0 Å². The number of hydrogen-bond donors (Lipinski definition) is 2. The summed E-state index contributed by atoms with van der Waals surface area (Å²) in [5.74, 6) is 0. The minimum Gasteiger partial charge on any atom is -0.421 e. The summed E-state index contributed by atoms with van der Waals surface area (Å²) in [6.07, 6.45) is 0. The van der Waals surface area contributed by atoms with Crippen LogP contribution in [-0.2, 0) is 0 Å². The molecule has 7 heteroatoms. The highest BCUT2D eigenvalue weighted by molar-refractivity contribution is 5.82. The Hall–Kier alpha value is -3.35. The zero-order valence-electron chi connectivity index (χ0n) is 14.8. The summed E-state index contributed by atoms with van der Waals surface area (Å²) < 4.78 is 5.42. The minimum absolute atomic E-state index is 0.115. The molecule has 26 heavy (non-hydrogen) atoms. The van der Waals surface area contributed by atoms with Crippen LogP contribution in [0.2, 0.25) is 0 Å². The van der Waals surface area contributed by atoms with E-state index in [9.17, 15) is 4.79 Å². The lowest BCUT2D eigenvalue weighted by Gasteiger charge is -2.20. The molecule has 2 aromatic carbocycles. The number of nitrogens with zero attached hydrogens (tertiary/aromatic N) is 3. The molecule has 7 nitrogen and oxygen atoms in total. The van der Waals surface area contributed by atoms with Crippen molar-refractivity contribution in [3.8, 4) is 0 Å². The highest BCUT2D eigenvalue weighted by Crippen LogP contribution is 2.27. The maximum Gasteiger partial charge on any atom is 0.364 e. The average molecular weight is 351 g/mol. The third-order valence-electron chi connectivity index (χ3n) is 4.15. The van der Waals surface area contributed by atoms with Gasteiger partial charge in [0.2, 0.25) is 0 Å². The average Bonchev–Trinajstić information content (AvgIpc) is 2.62. The van der Waals surface area contributed by atoms with Gasteiger partial charge in [-0.05, 0) is 50.2 Å². The van der Waals surface area contributed by atoms with Crippen LogP contribution in [0.1, 0.15) is 13.8 Å². The summed E-state index contributed by atoms with van der Waals surface area (Å²) in [7, 11) is 0. The fourth-order valence-corrected chi connectivity index (χ4v) is 2.72. The van der Waals surface area contributed by atoms with E-state index in [2.05, 4.69) is 29.0 Å². The van der Waals surface area contributed by atoms with Crippen molar-refractivity contribution in [1.29, 1.82) is 0 Å². The van der Waals surface area contributed by atoms with Crippen LogP contribution in [0.15, 0.2) is 61.9 Å². The van der Waals surface area contributed by atoms with Gasteiger partial charge in [-0.15, -0.1) is 10.2 Å². The standard InChI is InChI=1S/C19H21N5O2/c1-3-24(4-2)14-7-5-12-9-17(19(25)26-18(12)11-14)23-22-16-8-6-13(20)10-15(16)21/h5-11H,3-4,20-21H2,1-2H3. The van der Waals surface area contributed by atoms with Gasteiger partial charge in [-0.1, -0.05) is 0 Å². The van der Waals surface area contributed by atoms with Crippen LogP contribution in [0.25, 0.3) is 11.0 Å². The van der Waals surface area contributed by atoms with Crippen LogP contribution >= 0.6 is 0 Å². The van der Waals surface area contributed by atoms with Gasteiger partial charge in [0.05, 0.1) is 5.69 Å². The van der Waals surface area contributed by atoms with Crippen molar-refractivity contribution in [2.45, 2.75) is 13.8 Å². The first-order valence-electron chi connectivity index (χ1n) is 8.41. The maximum absolute atomic E-state index is 12.2. The third kappa shape index (κ3) is 3.51. The van der Waals surface area contributed by atoms with Gasteiger partial charge in [-0.3, -0.25) is 0 Å². The molecule has 0 atom stereocenters. The first-order valence-corrected chi connectivity index (χ1v) is 8.41. The van der Waals surface area contributed by atoms with Crippen molar-refractivity contribution in [2.75, 3.05) is 29.5 Å². The van der Waals surface area contributed by atoms with Gasteiger partial charge in [0.15, 0.2) is 5.69 Å². The van der Waals surface area contributed by atoms with Crippen LogP contribution in [0.3, 0.4) is 0 Å². The molecule has 0 aliphatic rings. The van der Waals surface area contributed by atoms with Crippen molar-refractivity contribution in [3.05, 3.63) is 52.9 Å². The largest absolute Gasteiger partial charge is 0.421 e. The Morgan fingerprint density at radius 1 is 0.962 bits per heavy atom. The molecule has 0 aliphatic carbocycles. The van der Waals surface area contributed by atoms with E-state index in [1.54, 1.807) is 24.3 Å². The molecule has 0 aliphatic heterocycles.